The van der Waals surface area contributed by atoms with Crippen LogP contribution in [0, 0.1) is 11.3 Å². The minimum absolute atomic E-state index is 0.302. The first kappa shape index (κ1) is 15.4. The Morgan fingerprint density at radius 2 is 1.91 bits per heavy atom. The smallest absolute Gasteiger partial charge is 0.183 e. The van der Waals surface area contributed by atoms with E-state index >= 15 is 0 Å². The summed E-state index contributed by atoms with van der Waals surface area (Å²) < 4.78 is 0. The molecule has 118 valence electrons. The average molecular weight is 309 g/mol. The molecule has 1 aromatic heterocycles. The lowest BCUT2D eigenvalue weighted by Crippen LogP contribution is -2.34. The average Bonchev–Trinajstić information content (AvgIpc) is 2.77. The fourth-order valence-electron chi connectivity index (χ4n) is 2.87. The monoisotopic (exact) mass is 309 g/mol. The van der Waals surface area contributed by atoms with Gasteiger partial charge < -0.3 is 10.0 Å². The Labute approximate surface area is 135 Å². The van der Waals surface area contributed by atoms with Crippen molar-refractivity contribution in [1.82, 2.24) is 14.9 Å². The Morgan fingerprint density at radius 1 is 1.13 bits per heavy atom. The number of rotatable bonds is 3. The zero-order valence-electron chi connectivity index (χ0n) is 12.8. The molecule has 1 saturated heterocycles. The lowest BCUT2D eigenvalue weighted by molar-refractivity contribution is 0.129. The molecule has 0 spiro atoms. The standard InChI is InChI=1S/C17H19N5O/c18-10-16-17(20-7-6-19-16)22-9-8-21(12-15(23)13-22)11-14-4-2-1-3-5-14/h1-7,15,23H,8-9,11-13H2/t15-/m1/s1. The first-order valence-corrected chi connectivity index (χ1v) is 7.66. The Kier molecular flexibility index (Phi) is 4.81. The fraction of sp³-hybridized carbons (Fsp3) is 0.353. The maximum absolute atomic E-state index is 10.3. The Balaban J connectivity index is 1.72. The van der Waals surface area contributed by atoms with Crippen LogP contribution in [0.2, 0.25) is 0 Å². The normalized spacial score (nSPS) is 19.1. The summed E-state index contributed by atoms with van der Waals surface area (Å²) in [6.07, 6.45) is 2.60. The minimum Gasteiger partial charge on any atom is -0.390 e. The van der Waals surface area contributed by atoms with E-state index in [2.05, 4.69) is 33.1 Å². The van der Waals surface area contributed by atoms with E-state index in [4.69, 9.17) is 0 Å². The highest BCUT2D eigenvalue weighted by molar-refractivity contribution is 5.49. The number of aliphatic hydroxyl groups excluding tert-OH is 1. The second kappa shape index (κ2) is 7.18. The summed E-state index contributed by atoms with van der Waals surface area (Å²) in [7, 11) is 0. The predicted octanol–water partition coefficient (Wildman–Crippen LogP) is 1.03. The second-order valence-corrected chi connectivity index (χ2v) is 5.66. The van der Waals surface area contributed by atoms with E-state index in [1.165, 1.54) is 11.8 Å². The van der Waals surface area contributed by atoms with Gasteiger partial charge in [-0.2, -0.15) is 5.26 Å². The summed E-state index contributed by atoms with van der Waals surface area (Å²) in [5, 5.41) is 19.5. The molecule has 1 aliphatic heterocycles. The van der Waals surface area contributed by atoms with E-state index in [1.807, 2.05) is 23.1 Å². The van der Waals surface area contributed by atoms with Gasteiger partial charge in [-0.25, -0.2) is 9.97 Å². The molecule has 1 atom stereocenters. The van der Waals surface area contributed by atoms with Crippen LogP contribution in [0.3, 0.4) is 0 Å². The van der Waals surface area contributed by atoms with E-state index in [9.17, 15) is 10.4 Å². The Morgan fingerprint density at radius 3 is 2.70 bits per heavy atom. The maximum atomic E-state index is 10.3. The van der Waals surface area contributed by atoms with Gasteiger partial charge in [-0.05, 0) is 5.56 Å². The van der Waals surface area contributed by atoms with Gasteiger partial charge in [0, 0.05) is 45.1 Å². The summed E-state index contributed by atoms with van der Waals surface area (Å²) >= 11 is 0. The van der Waals surface area contributed by atoms with E-state index in [-0.39, 0.29) is 0 Å². The zero-order valence-corrected chi connectivity index (χ0v) is 12.8. The summed E-state index contributed by atoms with van der Waals surface area (Å²) in [4.78, 5) is 12.5. The number of benzene rings is 1. The third kappa shape index (κ3) is 3.83. The summed E-state index contributed by atoms with van der Waals surface area (Å²) in [6, 6.07) is 12.3. The van der Waals surface area contributed by atoms with Gasteiger partial charge >= 0.3 is 0 Å². The summed E-state index contributed by atoms with van der Waals surface area (Å²) in [5.41, 5.74) is 1.53. The molecule has 0 bridgehead atoms. The first-order valence-electron chi connectivity index (χ1n) is 7.66. The van der Waals surface area contributed by atoms with Crippen LogP contribution in [0.5, 0.6) is 0 Å². The molecule has 2 aromatic rings. The van der Waals surface area contributed by atoms with Crippen molar-refractivity contribution in [2.45, 2.75) is 12.6 Å². The van der Waals surface area contributed by atoms with Crippen LogP contribution in [0.4, 0.5) is 5.82 Å². The molecule has 0 saturated carbocycles. The molecule has 1 N–H and O–H groups in total. The molecule has 0 amide bonds. The molecule has 1 fully saturated rings. The minimum atomic E-state index is -0.491. The van der Waals surface area contributed by atoms with Gasteiger partial charge in [0.2, 0.25) is 0 Å². The molecule has 3 rings (SSSR count). The number of nitriles is 1. The van der Waals surface area contributed by atoms with Crippen molar-refractivity contribution >= 4 is 5.82 Å². The quantitative estimate of drug-likeness (QED) is 0.912. The zero-order chi connectivity index (χ0) is 16.1. The van der Waals surface area contributed by atoms with E-state index < -0.39 is 6.10 Å². The number of aromatic nitrogens is 2. The van der Waals surface area contributed by atoms with Crippen LogP contribution < -0.4 is 4.90 Å². The van der Waals surface area contributed by atoms with Crippen LogP contribution in [-0.2, 0) is 6.54 Å². The van der Waals surface area contributed by atoms with Crippen molar-refractivity contribution in [2.75, 3.05) is 31.1 Å². The number of nitrogens with zero attached hydrogens (tertiary/aromatic N) is 5. The SMILES string of the molecule is N#Cc1nccnc1N1CCN(Cc2ccccc2)C[C@@H](O)C1. The highest BCUT2D eigenvalue weighted by atomic mass is 16.3. The van der Waals surface area contributed by atoms with Gasteiger partial charge in [0.25, 0.3) is 0 Å². The van der Waals surface area contributed by atoms with Crippen molar-refractivity contribution in [3.8, 4) is 6.07 Å². The van der Waals surface area contributed by atoms with Crippen molar-refractivity contribution in [3.63, 3.8) is 0 Å². The van der Waals surface area contributed by atoms with Gasteiger partial charge in [0.1, 0.15) is 6.07 Å². The molecule has 2 heterocycles. The third-order valence-corrected chi connectivity index (χ3v) is 3.92. The van der Waals surface area contributed by atoms with Crippen molar-refractivity contribution in [1.29, 1.82) is 5.26 Å². The van der Waals surface area contributed by atoms with Crippen LogP contribution >= 0.6 is 0 Å². The number of hydrogen-bond donors (Lipinski definition) is 1. The van der Waals surface area contributed by atoms with Gasteiger partial charge in [0.05, 0.1) is 6.10 Å². The Bertz CT molecular complexity index is 685. The van der Waals surface area contributed by atoms with Gasteiger partial charge in [0.15, 0.2) is 11.5 Å². The third-order valence-electron chi connectivity index (χ3n) is 3.92. The molecule has 23 heavy (non-hydrogen) atoms. The molecule has 6 nitrogen and oxygen atoms in total. The van der Waals surface area contributed by atoms with E-state index in [0.29, 0.717) is 31.1 Å². The van der Waals surface area contributed by atoms with E-state index in [0.717, 1.165) is 13.1 Å². The molecule has 0 unspecified atom stereocenters. The van der Waals surface area contributed by atoms with E-state index in [1.54, 1.807) is 6.20 Å². The molecular formula is C17H19N5O. The molecule has 0 aliphatic carbocycles. The molecule has 0 radical (unpaired) electrons. The number of anilines is 1. The lowest BCUT2D eigenvalue weighted by Gasteiger charge is -2.23. The van der Waals surface area contributed by atoms with Crippen LogP contribution in [0.25, 0.3) is 0 Å². The van der Waals surface area contributed by atoms with Gasteiger partial charge in [-0.1, -0.05) is 30.3 Å². The van der Waals surface area contributed by atoms with Crippen molar-refractivity contribution < 1.29 is 5.11 Å². The van der Waals surface area contributed by atoms with Crippen molar-refractivity contribution in [3.05, 3.63) is 54.0 Å². The fourth-order valence-corrected chi connectivity index (χ4v) is 2.87. The van der Waals surface area contributed by atoms with Gasteiger partial charge in [-0.15, -0.1) is 0 Å². The number of hydrogen-bond acceptors (Lipinski definition) is 6. The highest BCUT2D eigenvalue weighted by Crippen LogP contribution is 2.17. The first-order chi connectivity index (χ1) is 11.3. The lowest BCUT2D eigenvalue weighted by atomic mass is 10.2. The number of aliphatic hydroxyl groups is 1. The second-order valence-electron chi connectivity index (χ2n) is 5.66. The van der Waals surface area contributed by atoms with Crippen LogP contribution in [0.1, 0.15) is 11.3 Å². The molecule has 1 aromatic carbocycles. The summed E-state index contributed by atoms with van der Waals surface area (Å²) in [6.45, 7) is 3.37. The van der Waals surface area contributed by atoms with Crippen LogP contribution in [0.15, 0.2) is 42.7 Å². The Hall–Kier alpha value is -2.49. The van der Waals surface area contributed by atoms with Crippen LogP contribution in [-0.4, -0.2) is 52.3 Å². The maximum Gasteiger partial charge on any atom is 0.183 e. The summed E-state index contributed by atoms with van der Waals surface area (Å²) in [5.74, 6) is 0.551. The highest BCUT2D eigenvalue weighted by Gasteiger charge is 2.24. The molecule has 1 aliphatic rings. The van der Waals surface area contributed by atoms with Crippen molar-refractivity contribution in [2.24, 2.45) is 0 Å². The van der Waals surface area contributed by atoms with Gasteiger partial charge in [-0.3, -0.25) is 4.90 Å². The molecular weight excluding hydrogens is 290 g/mol. The number of β-amino-alcohol motifs (C(OH)–C–C–N with tert-alkyl or cyclic N) is 1. The predicted molar refractivity (Wildman–Crippen MR) is 86.7 cm³/mol. The molecule has 6 heteroatoms. The topological polar surface area (TPSA) is 76.3 Å². The largest absolute Gasteiger partial charge is 0.390 e.